The molecule has 0 spiro atoms. The van der Waals surface area contributed by atoms with Crippen LogP contribution in [0.5, 0.6) is 5.75 Å². The number of phenolic OH excluding ortho intramolecular Hbond substituents is 1. The highest BCUT2D eigenvalue weighted by molar-refractivity contribution is 7.13. The van der Waals surface area contributed by atoms with Crippen molar-refractivity contribution in [1.29, 1.82) is 0 Å². The minimum absolute atomic E-state index is 0.0680. The summed E-state index contributed by atoms with van der Waals surface area (Å²) < 4.78 is 5.87. The van der Waals surface area contributed by atoms with Crippen LogP contribution in [-0.4, -0.2) is 92.1 Å². The van der Waals surface area contributed by atoms with Crippen molar-refractivity contribution in [3.05, 3.63) is 101 Å². The number of aliphatic hydroxyl groups is 1. The molecule has 3 N–H and O–H groups in total. The molecular formula is C43H46N8O5S. The fourth-order valence-corrected chi connectivity index (χ4v) is 8.74. The van der Waals surface area contributed by atoms with E-state index in [4.69, 9.17) is 4.52 Å². The maximum absolute atomic E-state index is 14.3. The van der Waals surface area contributed by atoms with Gasteiger partial charge < -0.3 is 34.8 Å². The van der Waals surface area contributed by atoms with Crippen molar-refractivity contribution >= 4 is 45.6 Å². The van der Waals surface area contributed by atoms with Crippen LogP contribution < -0.4 is 15.1 Å². The number of hydrogen-bond donors (Lipinski definition) is 3. The molecule has 4 atom stereocenters. The third-order valence-corrected chi connectivity index (χ3v) is 12.1. The molecule has 2 amide bonds. The van der Waals surface area contributed by atoms with Crippen LogP contribution in [0.3, 0.4) is 0 Å². The number of aliphatic hydroxyl groups excluding tert-OH is 1. The van der Waals surface area contributed by atoms with Gasteiger partial charge in [-0.05, 0) is 61.2 Å². The standard InChI is InChI=1S/C43H46N8O5S/c1-25(2)40(43(55)51-23-32(52)21-36(51)42(54)45-26(3)28-9-11-29(12-10-28)41-27(4)44-24-57-41)38-22-39(48-56-38)50-17-15-49(16-18-50)31-14-13-30-19-35(47-46-34(30)20-31)33-7-5-6-8-37(33)53/h5-14,19-20,22,24-26,32,36,40,52-53H,15-18,21,23H2,1-4H3,(H,45,54)/t26-,32+,36-,40+/m0/s1. The van der Waals surface area contributed by atoms with E-state index in [2.05, 4.69) is 41.5 Å². The lowest BCUT2D eigenvalue weighted by Crippen LogP contribution is -2.48. The van der Waals surface area contributed by atoms with Crippen LogP contribution in [0.2, 0.25) is 0 Å². The smallest absolute Gasteiger partial charge is 0.243 e. The predicted molar refractivity (Wildman–Crippen MR) is 220 cm³/mol. The summed E-state index contributed by atoms with van der Waals surface area (Å²) in [7, 11) is 0. The Kier molecular flexibility index (Phi) is 10.6. The van der Waals surface area contributed by atoms with Gasteiger partial charge in [0.15, 0.2) is 11.6 Å². The molecule has 14 heteroatoms. The molecule has 2 fully saturated rings. The zero-order chi connectivity index (χ0) is 39.8. The fourth-order valence-electron chi connectivity index (χ4n) is 7.93. The number of hydrogen-bond acceptors (Lipinski definition) is 12. The Balaban J connectivity index is 0.903. The summed E-state index contributed by atoms with van der Waals surface area (Å²) >= 11 is 1.59. The molecule has 3 aromatic carbocycles. The molecular weight excluding hydrogens is 741 g/mol. The summed E-state index contributed by atoms with van der Waals surface area (Å²) in [6, 6.07) is 23.9. The molecule has 2 saturated heterocycles. The number of carbonyl (C=O) groups is 2. The zero-order valence-electron chi connectivity index (χ0n) is 32.4. The van der Waals surface area contributed by atoms with Gasteiger partial charge in [0.25, 0.3) is 0 Å². The van der Waals surface area contributed by atoms with E-state index in [0.717, 1.165) is 51.4 Å². The van der Waals surface area contributed by atoms with E-state index < -0.39 is 18.1 Å². The molecule has 2 aliphatic heterocycles. The number of piperazine rings is 1. The van der Waals surface area contributed by atoms with Crippen LogP contribution >= 0.6 is 11.3 Å². The number of aromatic nitrogens is 4. The van der Waals surface area contributed by atoms with Gasteiger partial charge in [-0.25, -0.2) is 4.98 Å². The number of thiazole rings is 1. The highest BCUT2D eigenvalue weighted by atomic mass is 32.1. The molecule has 57 heavy (non-hydrogen) atoms. The zero-order valence-corrected chi connectivity index (χ0v) is 33.2. The summed E-state index contributed by atoms with van der Waals surface area (Å²) in [6.45, 7) is 10.7. The average Bonchev–Trinajstić information content (AvgIpc) is 3.98. The van der Waals surface area contributed by atoms with Gasteiger partial charge in [0.2, 0.25) is 11.8 Å². The van der Waals surface area contributed by atoms with E-state index in [0.29, 0.717) is 35.9 Å². The van der Waals surface area contributed by atoms with Crippen molar-refractivity contribution in [1.82, 2.24) is 30.6 Å². The average molecular weight is 787 g/mol. The second kappa shape index (κ2) is 15.9. The lowest BCUT2D eigenvalue weighted by Gasteiger charge is -2.36. The SMILES string of the molecule is Cc1ncsc1-c1ccc([C@H](C)NC(=O)[C@@H]2C[C@@H](O)CN2C(=O)[C@@H](c2cc(N3CCN(c4ccc5cc(-c6ccccc6O)nnc5c4)CC3)no2)C(C)C)cc1. The van der Waals surface area contributed by atoms with Crippen molar-refractivity contribution in [3.63, 3.8) is 0 Å². The van der Waals surface area contributed by atoms with Crippen molar-refractivity contribution in [2.75, 3.05) is 42.5 Å². The van der Waals surface area contributed by atoms with E-state index in [1.54, 1.807) is 23.5 Å². The second-order valence-corrected chi connectivity index (χ2v) is 16.1. The van der Waals surface area contributed by atoms with Crippen molar-refractivity contribution in [3.8, 4) is 27.4 Å². The third-order valence-electron chi connectivity index (χ3n) is 11.1. The Morgan fingerprint density at radius 1 is 0.930 bits per heavy atom. The summed E-state index contributed by atoms with van der Waals surface area (Å²) in [5.74, 6) is -0.139. The highest BCUT2D eigenvalue weighted by Gasteiger charge is 2.43. The Labute approximate surface area is 335 Å². The lowest BCUT2D eigenvalue weighted by molar-refractivity contribution is -0.141. The maximum Gasteiger partial charge on any atom is 0.243 e. The Morgan fingerprint density at radius 3 is 2.40 bits per heavy atom. The van der Waals surface area contributed by atoms with Crippen LogP contribution in [0.1, 0.15) is 56.2 Å². The highest BCUT2D eigenvalue weighted by Crippen LogP contribution is 2.35. The van der Waals surface area contributed by atoms with E-state index >= 15 is 0 Å². The number of β-amino-alcohol motifs (C(OH)–C–C–N with tert-alkyl or cyclic N) is 1. The minimum atomic E-state index is -0.814. The van der Waals surface area contributed by atoms with E-state index in [9.17, 15) is 19.8 Å². The molecule has 0 saturated carbocycles. The van der Waals surface area contributed by atoms with E-state index in [-0.39, 0.29) is 42.5 Å². The maximum atomic E-state index is 14.3. The van der Waals surface area contributed by atoms with Gasteiger partial charge in [0.05, 0.1) is 39.4 Å². The fraction of sp³-hybridized carbons (Fsp3) is 0.349. The number of carbonyl (C=O) groups excluding carboxylic acids is 2. The lowest BCUT2D eigenvalue weighted by atomic mass is 9.91. The third kappa shape index (κ3) is 7.79. The van der Waals surface area contributed by atoms with E-state index in [1.165, 1.54) is 4.90 Å². The number of benzene rings is 3. The molecule has 0 unspecified atom stereocenters. The number of nitrogens with zero attached hydrogens (tertiary/aromatic N) is 7. The number of para-hydroxylation sites is 1. The van der Waals surface area contributed by atoms with Gasteiger partial charge in [-0.15, -0.1) is 21.5 Å². The number of fused-ring (bicyclic) bond motifs is 1. The van der Waals surface area contributed by atoms with Crippen molar-refractivity contribution in [2.24, 2.45) is 5.92 Å². The Hall–Kier alpha value is -5.86. The molecule has 3 aromatic heterocycles. The number of aromatic hydroxyl groups is 1. The molecule has 6 aromatic rings. The minimum Gasteiger partial charge on any atom is -0.507 e. The van der Waals surface area contributed by atoms with Crippen LogP contribution in [0.4, 0.5) is 11.5 Å². The molecule has 13 nitrogen and oxygen atoms in total. The second-order valence-electron chi connectivity index (χ2n) is 15.3. The molecule has 8 rings (SSSR count). The molecule has 0 aliphatic carbocycles. The van der Waals surface area contributed by atoms with E-state index in [1.807, 2.05) is 93.9 Å². The van der Waals surface area contributed by atoms with Crippen molar-refractivity contribution < 1.29 is 24.3 Å². The van der Waals surface area contributed by atoms with Crippen LogP contribution in [-0.2, 0) is 9.59 Å². The van der Waals surface area contributed by atoms with Crippen LogP contribution in [0.25, 0.3) is 32.6 Å². The number of phenols is 1. The summed E-state index contributed by atoms with van der Waals surface area (Å²) in [6.07, 6.45) is -0.652. The van der Waals surface area contributed by atoms with Crippen molar-refractivity contribution in [2.45, 2.75) is 58.2 Å². The molecule has 0 radical (unpaired) electrons. The first-order valence-corrected chi connectivity index (χ1v) is 20.2. The Morgan fingerprint density at radius 2 is 1.68 bits per heavy atom. The Bertz CT molecular complexity index is 2390. The van der Waals surface area contributed by atoms with Gasteiger partial charge in [0.1, 0.15) is 17.7 Å². The number of amides is 2. The predicted octanol–water partition coefficient (Wildman–Crippen LogP) is 6.33. The molecule has 2 aliphatic rings. The number of aryl methyl sites for hydroxylation is 1. The first-order valence-electron chi connectivity index (χ1n) is 19.4. The van der Waals surface area contributed by atoms with Gasteiger partial charge in [-0.1, -0.05) is 61.5 Å². The molecule has 294 valence electrons. The van der Waals surface area contributed by atoms with Gasteiger partial charge >= 0.3 is 0 Å². The van der Waals surface area contributed by atoms with Crippen LogP contribution in [0, 0.1) is 12.8 Å². The number of nitrogens with one attached hydrogen (secondary N) is 1. The summed E-state index contributed by atoms with van der Waals surface area (Å²) in [5, 5.41) is 38.2. The largest absolute Gasteiger partial charge is 0.507 e. The topological polar surface area (TPSA) is 161 Å². The van der Waals surface area contributed by atoms with Gasteiger partial charge in [-0.2, -0.15) is 0 Å². The first kappa shape index (κ1) is 38.0. The summed E-state index contributed by atoms with van der Waals surface area (Å²) in [5.41, 5.74) is 7.89. The normalized spacial score (nSPS) is 18.3. The van der Waals surface area contributed by atoms with Gasteiger partial charge in [0, 0.05) is 61.8 Å². The number of rotatable bonds is 10. The molecule has 0 bridgehead atoms. The number of likely N-dealkylation sites (tertiary alicyclic amines) is 1. The summed E-state index contributed by atoms with van der Waals surface area (Å²) in [4.78, 5) is 39.4. The van der Waals surface area contributed by atoms with Crippen LogP contribution in [0.15, 0.2) is 88.9 Å². The number of anilines is 2. The quantitative estimate of drug-likeness (QED) is 0.142. The monoisotopic (exact) mass is 786 g/mol. The first-order chi connectivity index (χ1) is 27.5. The molecule has 5 heterocycles. The van der Waals surface area contributed by atoms with Gasteiger partial charge in [-0.3, -0.25) is 9.59 Å².